The molecule has 0 aromatic carbocycles. The number of aliphatic hydroxyl groups excluding tert-OH is 2. The van der Waals surface area contributed by atoms with Crippen molar-refractivity contribution in [3.8, 4) is 0 Å². The van der Waals surface area contributed by atoms with Gasteiger partial charge in [-0.05, 0) is 57.8 Å². The van der Waals surface area contributed by atoms with Crippen LogP contribution in [0.3, 0.4) is 0 Å². The van der Waals surface area contributed by atoms with Gasteiger partial charge in [0.25, 0.3) is 0 Å². The van der Waals surface area contributed by atoms with E-state index in [0.29, 0.717) is 19.4 Å². The predicted octanol–water partition coefficient (Wildman–Crippen LogP) is 28.0. The highest BCUT2D eigenvalue weighted by atomic mass is 16.5. The normalized spacial score (nSPS) is 12.5. The van der Waals surface area contributed by atoms with Gasteiger partial charge >= 0.3 is 5.97 Å². The Morgan fingerprint density at radius 1 is 0.297 bits per heavy atom. The van der Waals surface area contributed by atoms with Gasteiger partial charge in [0, 0.05) is 12.8 Å². The largest absolute Gasteiger partial charge is 0.466 e. The van der Waals surface area contributed by atoms with E-state index < -0.39 is 12.1 Å². The molecule has 540 valence electrons. The van der Waals surface area contributed by atoms with Crippen LogP contribution >= 0.6 is 0 Å². The summed E-state index contributed by atoms with van der Waals surface area (Å²) in [7, 11) is 0. The molecule has 0 aliphatic carbocycles. The molecule has 3 N–H and O–H groups in total. The smallest absolute Gasteiger partial charge is 0.305 e. The minimum atomic E-state index is -0.843. The highest BCUT2D eigenvalue weighted by molar-refractivity contribution is 5.76. The van der Waals surface area contributed by atoms with Gasteiger partial charge in [-0.3, -0.25) is 9.59 Å². The zero-order chi connectivity index (χ0) is 65.6. The topological polar surface area (TPSA) is 95.9 Å². The summed E-state index contributed by atoms with van der Waals surface area (Å²) in [6, 6.07) is -0.626. The second-order valence-electron chi connectivity index (χ2n) is 29.2. The molecule has 0 aliphatic heterocycles. The molecule has 2 atom stereocenters. The molecule has 2 unspecified atom stereocenters. The zero-order valence-electron chi connectivity index (χ0n) is 62.1. The lowest BCUT2D eigenvalue weighted by Gasteiger charge is -2.20. The monoisotopic (exact) mass is 1280 g/mol. The third kappa shape index (κ3) is 77.2. The van der Waals surface area contributed by atoms with Gasteiger partial charge in [-0.25, -0.2) is 0 Å². The molecule has 0 heterocycles. The van der Waals surface area contributed by atoms with E-state index in [1.165, 1.54) is 417 Å². The van der Waals surface area contributed by atoms with Crippen molar-refractivity contribution in [1.82, 2.24) is 5.32 Å². The van der Waals surface area contributed by atoms with Gasteiger partial charge in [-0.15, -0.1) is 0 Å². The summed E-state index contributed by atoms with van der Waals surface area (Å²) in [5.74, 6) is -0.0368. The van der Waals surface area contributed by atoms with E-state index in [9.17, 15) is 19.8 Å². The zero-order valence-corrected chi connectivity index (χ0v) is 62.1. The van der Waals surface area contributed by atoms with Gasteiger partial charge in [-0.2, -0.15) is 0 Å². The molecular weight excluding hydrogens is 1110 g/mol. The molecule has 0 saturated heterocycles. The number of esters is 1. The van der Waals surface area contributed by atoms with Crippen LogP contribution in [0.15, 0.2) is 24.3 Å². The maximum atomic E-state index is 12.6. The number of allylic oxidation sites excluding steroid dienone is 3. The van der Waals surface area contributed by atoms with Crippen molar-refractivity contribution in [2.24, 2.45) is 0 Å². The lowest BCUT2D eigenvalue weighted by molar-refractivity contribution is -0.143. The van der Waals surface area contributed by atoms with Crippen LogP contribution in [0.2, 0.25) is 0 Å². The number of hydrogen-bond donors (Lipinski definition) is 3. The Morgan fingerprint density at radius 2 is 0.516 bits per heavy atom. The molecule has 0 saturated carbocycles. The van der Waals surface area contributed by atoms with Crippen molar-refractivity contribution >= 4 is 11.9 Å². The standard InChI is InChI=1S/C85H165NO5/c1-3-5-7-9-11-13-15-17-19-21-23-24-25-35-38-42-45-49-53-57-61-65-69-73-77-83(88)82(81-87)86-84(89)78-74-70-66-62-58-54-50-46-43-39-36-33-31-29-27-26-28-30-32-34-37-40-44-48-52-56-60-64-68-72-76-80-91-85(90)79-75-71-67-63-59-55-51-47-41-22-20-18-16-14-12-10-8-6-4-2/h18,20,73,77,82-83,87-88H,3-17,19,21-72,74-76,78-81H2,1-2H3,(H,86,89)/b20-18-,77-73+. The number of carbonyl (C=O) groups excluding carboxylic acids is 2. The Morgan fingerprint density at radius 3 is 0.780 bits per heavy atom. The molecule has 0 bridgehead atoms. The average Bonchev–Trinajstić information content (AvgIpc) is 3.65. The number of unbranched alkanes of at least 4 members (excludes halogenated alkanes) is 67. The quantitative estimate of drug-likeness (QED) is 0.0320. The highest BCUT2D eigenvalue weighted by Gasteiger charge is 2.18. The fourth-order valence-electron chi connectivity index (χ4n) is 13.6. The maximum absolute atomic E-state index is 12.6. The molecule has 6 heteroatoms. The molecule has 0 rings (SSSR count). The molecule has 0 aliphatic rings. The third-order valence-corrected chi connectivity index (χ3v) is 20.0. The van der Waals surface area contributed by atoms with Gasteiger partial charge in [0.2, 0.25) is 5.91 Å². The molecule has 0 radical (unpaired) electrons. The number of amides is 1. The molecule has 0 spiro atoms. The van der Waals surface area contributed by atoms with Crippen LogP contribution in [0.25, 0.3) is 0 Å². The van der Waals surface area contributed by atoms with E-state index in [0.717, 1.165) is 38.5 Å². The number of carbonyl (C=O) groups is 2. The van der Waals surface area contributed by atoms with Gasteiger partial charge < -0.3 is 20.3 Å². The molecule has 91 heavy (non-hydrogen) atoms. The fourth-order valence-corrected chi connectivity index (χ4v) is 13.6. The highest BCUT2D eigenvalue weighted by Crippen LogP contribution is 2.21. The van der Waals surface area contributed by atoms with Crippen molar-refractivity contribution in [2.45, 2.75) is 495 Å². The van der Waals surface area contributed by atoms with Crippen molar-refractivity contribution in [3.63, 3.8) is 0 Å². The summed E-state index contributed by atoms with van der Waals surface area (Å²) >= 11 is 0. The predicted molar refractivity (Wildman–Crippen MR) is 403 cm³/mol. The van der Waals surface area contributed by atoms with E-state index in [2.05, 4.69) is 31.3 Å². The number of aliphatic hydroxyl groups is 2. The second kappa shape index (κ2) is 80.8. The Balaban J connectivity index is 3.34. The number of nitrogens with one attached hydrogen (secondary N) is 1. The molecule has 1 amide bonds. The van der Waals surface area contributed by atoms with E-state index in [4.69, 9.17) is 4.74 Å². The van der Waals surface area contributed by atoms with Gasteiger partial charge in [0.15, 0.2) is 0 Å². The Hall–Kier alpha value is -1.66. The molecule has 0 fully saturated rings. The van der Waals surface area contributed by atoms with E-state index in [1.807, 2.05) is 6.08 Å². The number of ether oxygens (including phenoxy) is 1. The van der Waals surface area contributed by atoms with Crippen LogP contribution in [-0.2, 0) is 14.3 Å². The van der Waals surface area contributed by atoms with E-state index in [1.54, 1.807) is 6.08 Å². The maximum Gasteiger partial charge on any atom is 0.305 e. The Kier molecular flexibility index (Phi) is 79.3. The Labute approximate surface area is 571 Å². The van der Waals surface area contributed by atoms with E-state index in [-0.39, 0.29) is 18.5 Å². The van der Waals surface area contributed by atoms with Crippen LogP contribution in [-0.4, -0.2) is 47.4 Å². The van der Waals surface area contributed by atoms with Crippen LogP contribution in [0.5, 0.6) is 0 Å². The summed E-state index contributed by atoms with van der Waals surface area (Å²) in [6.07, 6.45) is 105. The second-order valence-corrected chi connectivity index (χ2v) is 29.2. The molecular formula is C85H165NO5. The lowest BCUT2D eigenvalue weighted by atomic mass is 10.0. The average molecular weight is 1280 g/mol. The van der Waals surface area contributed by atoms with Gasteiger partial charge in [0.1, 0.15) is 0 Å². The van der Waals surface area contributed by atoms with Crippen molar-refractivity contribution < 1.29 is 24.5 Å². The summed E-state index contributed by atoms with van der Waals surface area (Å²) < 4.78 is 5.52. The molecule has 6 nitrogen and oxygen atoms in total. The van der Waals surface area contributed by atoms with Crippen LogP contribution in [0.4, 0.5) is 0 Å². The first-order valence-corrected chi connectivity index (χ1v) is 42.1. The first kappa shape index (κ1) is 89.3. The van der Waals surface area contributed by atoms with Gasteiger partial charge in [-0.1, -0.05) is 436 Å². The minimum Gasteiger partial charge on any atom is -0.466 e. The molecule has 0 aromatic heterocycles. The van der Waals surface area contributed by atoms with Crippen molar-refractivity contribution in [1.29, 1.82) is 0 Å². The SMILES string of the molecule is CCCCCCCC/C=C\CCCCCCCCCCCC(=O)OCCCCCCCCCCCCCCCCCCCCCCCCCCCCCCCCCC(=O)NC(CO)C(O)/C=C/CCCCCCCCCCCCCCCCCCCCCCCC. The molecule has 0 aromatic rings. The lowest BCUT2D eigenvalue weighted by Crippen LogP contribution is -2.45. The van der Waals surface area contributed by atoms with Crippen molar-refractivity contribution in [3.05, 3.63) is 24.3 Å². The fraction of sp³-hybridized carbons (Fsp3) is 0.929. The van der Waals surface area contributed by atoms with E-state index >= 15 is 0 Å². The minimum absolute atomic E-state index is 0.0213. The van der Waals surface area contributed by atoms with Crippen molar-refractivity contribution in [2.75, 3.05) is 13.2 Å². The van der Waals surface area contributed by atoms with Gasteiger partial charge in [0.05, 0.1) is 25.4 Å². The number of hydrogen-bond acceptors (Lipinski definition) is 5. The summed E-state index contributed by atoms with van der Waals surface area (Å²) in [6.45, 7) is 4.96. The third-order valence-electron chi connectivity index (χ3n) is 20.0. The summed E-state index contributed by atoms with van der Waals surface area (Å²) in [4.78, 5) is 24.7. The Bertz CT molecular complexity index is 1430. The van der Waals surface area contributed by atoms with Crippen LogP contribution in [0, 0.1) is 0 Å². The summed E-state index contributed by atoms with van der Waals surface area (Å²) in [5.41, 5.74) is 0. The van der Waals surface area contributed by atoms with Crippen LogP contribution < -0.4 is 5.32 Å². The van der Waals surface area contributed by atoms with Crippen LogP contribution in [0.1, 0.15) is 483 Å². The first-order valence-electron chi connectivity index (χ1n) is 42.1. The summed E-state index contributed by atoms with van der Waals surface area (Å²) in [5, 5.41) is 23.3. The number of rotatable bonds is 80. The first-order chi connectivity index (χ1) is 45.0.